The number of halogens is 2. The molecule has 1 aliphatic carbocycles. The molecule has 0 saturated carbocycles. The average molecular weight is 414 g/mol. The SMILES string of the molecule is CCOC(=O)c1c(NC(=O)COc2cc(Cl)ccc2Cl)sc2c1CCC2. The van der Waals surface area contributed by atoms with Gasteiger partial charge in [0.25, 0.3) is 5.91 Å². The minimum Gasteiger partial charge on any atom is -0.482 e. The van der Waals surface area contributed by atoms with Gasteiger partial charge in [0.1, 0.15) is 10.8 Å². The molecule has 1 aromatic heterocycles. The van der Waals surface area contributed by atoms with Crippen molar-refractivity contribution in [2.24, 2.45) is 0 Å². The van der Waals surface area contributed by atoms with Crippen LogP contribution in [0.5, 0.6) is 5.75 Å². The van der Waals surface area contributed by atoms with E-state index in [1.165, 1.54) is 11.3 Å². The van der Waals surface area contributed by atoms with Gasteiger partial charge >= 0.3 is 5.97 Å². The third-order valence-corrected chi connectivity index (χ3v) is 5.66. The minimum atomic E-state index is -0.402. The first-order valence-electron chi connectivity index (χ1n) is 8.19. The van der Waals surface area contributed by atoms with Gasteiger partial charge in [0.2, 0.25) is 0 Å². The molecule has 1 N–H and O–H groups in total. The number of hydrogen-bond donors (Lipinski definition) is 1. The maximum absolute atomic E-state index is 12.3. The van der Waals surface area contributed by atoms with Crippen molar-refractivity contribution in [1.29, 1.82) is 0 Å². The average Bonchev–Trinajstić information content (AvgIpc) is 3.16. The zero-order chi connectivity index (χ0) is 18.7. The summed E-state index contributed by atoms with van der Waals surface area (Å²) in [5.74, 6) is -0.457. The van der Waals surface area contributed by atoms with Crippen molar-refractivity contribution in [1.82, 2.24) is 0 Å². The highest BCUT2D eigenvalue weighted by molar-refractivity contribution is 7.17. The van der Waals surface area contributed by atoms with Crippen LogP contribution in [0.4, 0.5) is 5.00 Å². The molecule has 1 aliphatic rings. The van der Waals surface area contributed by atoms with Crippen LogP contribution in [0.1, 0.15) is 34.1 Å². The number of anilines is 1. The lowest BCUT2D eigenvalue weighted by Gasteiger charge is -2.10. The topological polar surface area (TPSA) is 64.6 Å². The largest absolute Gasteiger partial charge is 0.482 e. The Morgan fingerprint density at radius 2 is 2.08 bits per heavy atom. The smallest absolute Gasteiger partial charge is 0.341 e. The van der Waals surface area contributed by atoms with E-state index < -0.39 is 5.97 Å². The molecule has 0 spiro atoms. The molecule has 2 aromatic rings. The molecule has 3 rings (SSSR count). The molecule has 1 amide bonds. The number of carbonyl (C=O) groups is 2. The van der Waals surface area contributed by atoms with Crippen molar-refractivity contribution in [3.63, 3.8) is 0 Å². The van der Waals surface area contributed by atoms with Gasteiger partial charge < -0.3 is 14.8 Å². The van der Waals surface area contributed by atoms with Crippen LogP contribution in [-0.2, 0) is 22.4 Å². The molecule has 0 radical (unpaired) electrons. The zero-order valence-electron chi connectivity index (χ0n) is 14.1. The first kappa shape index (κ1) is 19.0. The van der Waals surface area contributed by atoms with Crippen LogP contribution in [0, 0.1) is 0 Å². The lowest BCUT2D eigenvalue weighted by atomic mass is 10.1. The minimum absolute atomic E-state index is 0.245. The van der Waals surface area contributed by atoms with Crippen LogP contribution in [0.25, 0.3) is 0 Å². The number of fused-ring (bicyclic) bond motifs is 1. The number of esters is 1. The van der Waals surface area contributed by atoms with Gasteiger partial charge in [-0.05, 0) is 43.9 Å². The molecule has 8 heteroatoms. The molecular formula is C18H17Cl2NO4S. The fourth-order valence-corrected chi connectivity index (χ4v) is 4.43. The molecule has 0 saturated heterocycles. The first-order chi connectivity index (χ1) is 12.5. The van der Waals surface area contributed by atoms with E-state index in [4.69, 9.17) is 32.7 Å². The molecule has 0 unspecified atom stereocenters. The first-order valence-corrected chi connectivity index (χ1v) is 9.76. The third kappa shape index (κ3) is 4.14. The van der Waals surface area contributed by atoms with Crippen molar-refractivity contribution < 1.29 is 19.1 Å². The maximum atomic E-state index is 12.3. The van der Waals surface area contributed by atoms with E-state index in [9.17, 15) is 9.59 Å². The Labute approximate surface area is 165 Å². The summed E-state index contributed by atoms with van der Waals surface area (Å²) in [4.78, 5) is 25.7. The van der Waals surface area contributed by atoms with E-state index in [2.05, 4.69) is 5.32 Å². The van der Waals surface area contributed by atoms with E-state index in [1.54, 1.807) is 25.1 Å². The molecule has 0 atom stereocenters. The normalized spacial score (nSPS) is 12.6. The highest BCUT2D eigenvalue weighted by atomic mass is 35.5. The van der Waals surface area contributed by atoms with Crippen molar-refractivity contribution in [3.05, 3.63) is 44.2 Å². The van der Waals surface area contributed by atoms with Crippen molar-refractivity contribution >= 4 is 51.4 Å². The Morgan fingerprint density at radius 1 is 1.27 bits per heavy atom. The number of thiophene rings is 1. The summed E-state index contributed by atoms with van der Waals surface area (Å²) >= 11 is 13.3. The lowest BCUT2D eigenvalue weighted by molar-refractivity contribution is -0.118. The number of nitrogens with one attached hydrogen (secondary N) is 1. The Hall–Kier alpha value is -1.76. The van der Waals surface area contributed by atoms with Crippen LogP contribution in [0.2, 0.25) is 10.0 Å². The van der Waals surface area contributed by atoms with Gasteiger partial charge in [-0.3, -0.25) is 4.79 Å². The van der Waals surface area contributed by atoms with Gasteiger partial charge in [0.05, 0.1) is 17.2 Å². The van der Waals surface area contributed by atoms with E-state index in [1.807, 2.05) is 0 Å². The van der Waals surface area contributed by atoms with Crippen LogP contribution in [0.3, 0.4) is 0 Å². The second-order valence-corrected chi connectivity index (χ2v) is 7.64. The molecule has 1 aromatic carbocycles. The van der Waals surface area contributed by atoms with Gasteiger partial charge in [-0.25, -0.2) is 4.79 Å². The monoisotopic (exact) mass is 413 g/mol. The highest BCUT2D eigenvalue weighted by Gasteiger charge is 2.28. The predicted octanol–water partition coefficient (Wildman–Crippen LogP) is 4.74. The Bertz CT molecular complexity index is 850. The molecule has 0 bridgehead atoms. The fraction of sp³-hybridized carbons (Fsp3) is 0.333. The Kier molecular flexibility index (Phi) is 6.06. The summed E-state index contributed by atoms with van der Waals surface area (Å²) in [6, 6.07) is 4.77. The second-order valence-electron chi connectivity index (χ2n) is 5.69. The van der Waals surface area contributed by atoms with Gasteiger partial charge in [0.15, 0.2) is 6.61 Å². The van der Waals surface area contributed by atoms with Gasteiger partial charge in [-0.1, -0.05) is 23.2 Å². The summed E-state index contributed by atoms with van der Waals surface area (Å²) < 4.78 is 10.6. The van der Waals surface area contributed by atoms with Gasteiger partial charge in [-0.2, -0.15) is 0 Å². The van der Waals surface area contributed by atoms with E-state index in [0.717, 1.165) is 29.7 Å². The summed E-state index contributed by atoms with van der Waals surface area (Å²) in [7, 11) is 0. The van der Waals surface area contributed by atoms with Crippen molar-refractivity contribution in [3.8, 4) is 5.75 Å². The number of hydrogen-bond acceptors (Lipinski definition) is 5. The van der Waals surface area contributed by atoms with Crippen molar-refractivity contribution in [2.75, 3.05) is 18.5 Å². The van der Waals surface area contributed by atoms with Crippen LogP contribution >= 0.6 is 34.5 Å². The number of aryl methyl sites for hydroxylation is 1. The number of amides is 1. The molecule has 26 heavy (non-hydrogen) atoms. The summed E-state index contributed by atoms with van der Waals surface area (Å²) in [5.41, 5.74) is 1.46. The molecule has 5 nitrogen and oxygen atoms in total. The molecule has 0 aliphatic heterocycles. The quantitative estimate of drug-likeness (QED) is 0.694. The third-order valence-electron chi connectivity index (χ3n) is 3.91. The number of ether oxygens (including phenoxy) is 2. The standard InChI is InChI=1S/C18H17Cl2NO4S/c1-2-24-18(23)16-11-4-3-5-14(11)26-17(16)21-15(22)9-25-13-8-10(19)6-7-12(13)20/h6-8H,2-5,9H2,1H3,(H,21,22). The van der Waals surface area contributed by atoms with Crippen LogP contribution in [0.15, 0.2) is 18.2 Å². The zero-order valence-corrected chi connectivity index (χ0v) is 16.4. The number of rotatable bonds is 6. The fourth-order valence-electron chi connectivity index (χ4n) is 2.81. The van der Waals surface area contributed by atoms with Gasteiger partial charge in [0, 0.05) is 16.0 Å². The van der Waals surface area contributed by atoms with Crippen molar-refractivity contribution in [2.45, 2.75) is 26.2 Å². The predicted molar refractivity (Wildman–Crippen MR) is 103 cm³/mol. The molecular weight excluding hydrogens is 397 g/mol. The second kappa shape index (κ2) is 8.29. The maximum Gasteiger partial charge on any atom is 0.341 e. The Balaban J connectivity index is 1.71. The molecule has 138 valence electrons. The number of carbonyl (C=O) groups excluding carboxylic acids is 2. The molecule has 0 fully saturated rings. The lowest BCUT2D eigenvalue weighted by Crippen LogP contribution is -2.21. The van der Waals surface area contributed by atoms with Gasteiger partial charge in [-0.15, -0.1) is 11.3 Å². The molecule has 1 heterocycles. The summed E-state index contributed by atoms with van der Waals surface area (Å²) in [6.07, 6.45) is 2.75. The van der Waals surface area contributed by atoms with E-state index >= 15 is 0 Å². The van der Waals surface area contributed by atoms with Crippen LogP contribution in [-0.4, -0.2) is 25.1 Å². The highest BCUT2D eigenvalue weighted by Crippen LogP contribution is 2.39. The van der Waals surface area contributed by atoms with E-state index in [0.29, 0.717) is 26.4 Å². The Morgan fingerprint density at radius 3 is 2.85 bits per heavy atom. The van der Waals surface area contributed by atoms with E-state index in [-0.39, 0.29) is 19.1 Å². The summed E-state index contributed by atoms with van der Waals surface area (Å²) in [6.45, 7) is 1.80. The number of benzene rings is 1. The summed E-state index contributed by atoms with van der Waals surface area (Å²) in [5, 5.41) is 4.10. The van der Waals surface area contributed by atoms with Crippen LogP contribution < -0.4 is 10.1 Å².